The highest BCUT2D eigenvalue weighted by Gasteiger charge is 2.23. The van der Waals surface area contributed by atoms with Gasteiger partial charge in [0.15, 0.2) is 0 Å². The molecule has 2 saturated heterocycles. The molecule has 0 radical (unpaired) electrons. The highest BCUT2D eigenvalue weighted by Crippen LogP contribution is 2.12. The van der Waals surface area contributed by atoms with Gasteiger partial charge < -0.3 is 15.1 Å². The van der Waals surface area contributed by atoms with Crippen LogP contribution in [0.5, 0.6) is 0 Å². The van der Waals surface area contributed by atoms with E-state index in [9.17, 15) is 4.79 Å². The topological polar surface area (TPSA) is 35.6 Å². The molecule has 0 aromatic rings. The van der Waals surface area contributed by atoms with Crippen LogP contribution in [0.25, 0.3) is 0 Å². The normalized spacial score (nSPS) is 23.0. The van der Waals surface area contributed by atoms with Gasteiger partial charge >= 0.3 is 6.03 Å². The quantitative estimate of drug-likeness (QED) is 0.813. The highest BCUT2D eigenvalue weighted by atomic mass is 16.2. The molecule has 1 N–H and O–H groups in total. The fourth-order valence-corrected chi connectivity index (χ4v) is 2.80. The number of hydrogen-bond acceptors (Lipinski definition) is 2. The third-order valence-corrected chi connectivity index (χ3v) is 3.85. The molecule has 0 unspecified atom stereocenters. The van der Waals surface area contributed by atoms with Crippen LogP contribution in [-0.2, 0) is 0 Å². The summed E-state index contributed by atoms with van der Waals surface area (Å²) in [5.41, 5.74) is 0. The van der Waals surface area contributed by atoms with Crippen molar-refractivity contribution in [3.8, 4) is 0 Å². The summed E-state index contributed by atoms with van der Waals surface area (Å²) in [6, 6.07) is 0.563. The minimum atomic E-state index is 0.163. The van der Waals surface area contributed by atoms with Gasteiger partial charge in [0.25, 0.3) is 0 Å². The minimum absolute atomic E-state index is 0.163. The molecule has 2 heterocycles. The predicted octanol–water partition coefficient (Wildman–Crippen LogP) is 1.67. The van der Waals surface area contributed by atoms with Crippen molar-refractivity contribution in [2.45, 2.75) is 45.1 Å². The Hall–Kier alpha value is -0.770. The van der Waals surface area contributed by atoms with Gasteiger partial charge in [0, 0.05) is 32.2 Å². The van der Waals surface area contributed by atoms with E-state index in [0.29, 0.717) is 6.04 Å². The molecule has 0 bridgehead atoms. The van der Waals surface area contributed by atoms with E-state index in [0.717, 1.165) is 39.0 Å². The van der Waals surface area contributed by atoms with E-state index in [-0.39, 0.29) is 6.03 Å². The van der Waals surface area contributed by atoms with E-state index in [4.69, 9.17) is 0 Å². The largest absolute Gasteiger partial charge is 0.335 e. The van der Waals surface area contributed by atoms with Crippen molar-refractivity contribution in [1.29, 1.82) is 0 Å². The first-order chi connectivity index (χ1) is 8.29. The maximum atomic E-state index is 11.9. The lowest BCUT2D eigenvalue weighted by atomic mass is 10.1. The predicted molar refractivity (Wildman–Crippen MR) is 69.1 cm³/mol. The van der Waals surface area contributed by atoms with E-state index in [1.165, 1.54) is 25.8 Å². The highest BCUT2D eigenvalue weighted by molar-refractivity contribution is 5.74. The smallest absolute Gasteiger partial charge is 0.317 e. The lowest BCUT2D eigenvalue weighted by molar-refractivity contribution is 0.178. The van der Waals surface area contributed by atoms with Crippen molar-refractivity contribution in [1.82, 2.24) is 15.1 Å². The summed E-state index contributed by atoms with van der Waals surface area (Å²) in [5.74, 6) is 0. The molecular weight excluding hydrogens is 214 g/mol. The van der Waals surface area contributed by atoms with Crippen molar-refractivity contribution in [2.75, 3.05) is 32.7 Å². The van der Waals surface area contributed by atoms with E-state index in [1.54, 1.807) is 0 Å². The molecule has 0 aliphatic carbocycles. The summed E-state index contributed by atoms with van der Waals surface area (Å²) >= 11 is 0. The van der Waals surface area contributed by atoms with Crippen LogP contribution in [-0.4, -0.2) is 54.6 Å². The zero-order valence-corrected chi connectivity index (χ0v) is 11.0. The van der Waals surface area contributed by atoms with E-state index >= 15 is 0 Å². The van der Waals surface area contributed by atoms with Crippen molar-refractivity contribution in [2.24, 2.45) is 0 Å². The lowest BCUT2D eigenvalue weighted by Gasteiger charge is -2.33. The monoisotopic (exact) mass is 239 g/mol. The maximum Gasteiger partial charge on any atom is 0.317 e. The fraction of sp³-hybridized carbons (Fsp3) is 0.923. The van der Waals surface area contributed by atoms with Crippen LogP contribution in [0.2, 0.25) is 0 Å². The number of hydrogen-bond donors (Lipinski definition) is 1. The van der Waals surface area contributed by atoms with Crippen LogP contribution in [0.15, 0.2) is 0 Å². The van der Waals surface area contributed by atoms with E-state index in [2.05, 4.69) is 17.1 Å². The van der Waals surface area contributed by atoms with Gasteiger partial charge in [-0.15, -0.1) is 0 Å². The van der Waals surface area contributed by atoms with Gasteiger partial charge in [0.2, 0.25) is 0 Å². The molecule has 4 nitrogen and oxygen atoms in total. The first-order valence-corrected chi connectivity index (χ1v) is 7.07. The number of nitrogens with zero attached hydrogens (tertiary/aromatic N) is 2. The Bertz CT molecular complexity index is 243. The summed E-state index contributed by atoms with van der Waals surface area (Å²) in [5, 5.41) is 3.18. The van der Waals surface area contributed by atoms with E-state index in [1.807, 2.05) is 4.90 Å². The van der Waals surface area contributed by atoms with Crippen LogP contribution >= 0.6 is 0 Å². The molecule has 2 rings (SSSR count). The molecule has 0 atom stereocenters. The molecule has 2 fully saturated rings. The number of piperidine rings is 1. The number of amides is 2. The van der Waals surface area contributed by atoms with Crippen molar-refractivity contribution in [3.05, 3.63) is 0 Å². The van der Waals surface area contributed by atoms with Crippen LogP contribution in [0, 0.1) is 0 Å². The first-order valence-electron chi connectivity index (χ1n) is 7.07. The van der Waals surface area contributed by atoms with Gasteiger partial charge in [0.05, 0.1) is 0 Å². The van der Waals surface area contributed by atoms with Gasteiger partial charge in [-0.25, -0.2) is 4.79 Å². The third kappa shape index (κ3) is 3.60. The Morgan fingerprint density at radius 2 is 1.82 bits per heavy atom. The molecular formula is C13H25N3O. The molecule has 17 heavy (non-hydrogen) atoms. The average Bonchev–Trinajstić information content (AvgIpc) is 2.86. The molecule has 0 spiro atoms. The SMILES string of the molecule is CCCN1CCC(NC(=O)N2CCCC2)CC1. The van der Waals surface area contributed by atoms with Crippen LogP contribution in [0.1, 0.15) is 39.0 Å². The molecule has 2 aliphatic rings. The average molecular weight is 239 g/mol. The molecule has 2 aliphatic heterocycles. The van der Waals surface area contributed by atoms with Gasteiger partial charge in [-0.1, -0.05) is 6.92 Å². The molecule has 0 saturated carbocycles. The first kappa shape index (κ1) is 12.7. The summed E-state index contributed by atoms with van der Waals surface area (Å²) in [6.07, 6.45) is 5.79. The molecule has 2 amide bonds. The zero-order chi connectivity index (χ0) is 12.1. The zero-order valence-electron chi connectivity index (χ0n) is 11.0. The lowest BCUT2D eigenvalue weighted by Crippen LogP contribution is -2.48. The second-order valence-corrected chi connectivity index (χ2v) is 5.26. The number of carbonyl (C=O) groups excluding carboxylic acids is 1. The summed E-state index contributed by atoms with van der Waals surface area (Å²) in [4.78, 5) is 16.4. The second kappa shape index (κ2) is 6.24. The Balaban J connectivity index is 1.68. The number of rotatable bonds is 3. The second-order valence-electron chi connectivity index (χ2n) is 5.26. The third-order valence-electron chi connectivity index (χ3n) is 3.85. The Morgan fingerprint density at radius 1 is 1.18 bits per heavy atom. The summed E-state index contributed by atoms with van der Waals surface area (Å²) in [6.45, 7) is 7.59. The molecule has 98 valence electrons. The standard InChI is InChI=1S/C13H25N3O/c1-2-7-15-10-5-12(6-11-15)14-13(17)16-8-3-4-9-16/h12H,2-11H2,1H3,(H,14,17). The number of carbonyl (C=O) groups is 1. The van der Waals surface area contributed by atoms with Gasteiger partial charge in [0.1, 0.15) is 0 Å². The van der Waals surface area contributed by atoms with Crippen molar-refractivity contribution < 1.29 is 4.79 Å². The van der Waals surface area contributed by atoms with Crippen molar-refractivity contribution in [3.63, 3.8) is 0 Å². The Labute approximate surface area is 104 Å². The van der Waals surface area contributed by atoms with Gasteiger partial charge in [-0.05, 0) is 38.6 Å². The van der Waals surface area contributed by atoms with Gasteiger partial charge in [-0.3, -0.25) is 0 Å². The molecule has 0 aromatic carbocycles. The van der Waals surface area contributed by atoms with Crippen LogP contribution < -0.4 is 5.32 Å². The Morgan fingerprint density at radius 3 is 2.41 bits per heavy atom. The number of likely N-dealkylation sites (tertiary alicyclic amines) is 2. The molecule has 4 heteroatoms. The van der Waals surface area contributed by atoms with Crippen LogP contribution in [0.4, 0.5) is 4.79 Å². The van der Waals surface area contributed by atoms with Gasteiger partial charge in [-0.2, -0.15) is 0 Å². The molecule has 0 aromatic heterocycles. The number of urea groups is 1. The summed E-state index contributed by atoms with van der Waals surface area (Å²) in [7, 11) is 0. The van der Waals surface area contributed by atoms with Crippen LogP contribution in [0.3, 0.4) is 0 Å². The van der Waals surface area contributed by atoms with Crippen molar-refractivity contribution >= 4 is 6.03 Å². The maximum absolute atomic E-state index is 11.9. The fourth-order valence-electron chi connectivity index (χ4n) is 2.80. The summed E-state index contributed by atoms with van der Waals surface area (Å²) < 4.78 is 0. The minimum Gasteiger partial charge on any atom is -0.335 e. The Kier molecular flexibility index (Phi) is 4.66. The van der Waals surface area contributed by atoms with E-state index < -0.39 is 0 Å². The number of nitrogens with one attached hydrogen (secondary N) is 1.